The van der Waals surface area contributed by atoms with Crippen molar-refractivity contribution in [1.29, 1.82) is 0 Å². The molecule has 2 rings (SSSR count). The average Bonchev–Trinajstić information content (AvgIpc) is 2.67. The Morgan fingerprint density at radius 3 is 2.33 bits per heavy atom. The van der Waals surface area contributed by atoms with Crippen LogP contribution in [-0.4, -0.2) is 30.8 Å². The van der Waals surface area contributed by atoms with Crippen LogP contribution in [0.25, 0.3) is 0 Å². The second-order valence-electron chi connectivity index (χ2n) is 5.85. The van der Waals surface area contributed by atoms with Crippen LogP contribution in [0.1, 0.15) is 29.3 Å². The first-order chi connectivity index (χ1) is 13.0. The summed E-state index contributed by atoms with van der Waals surface area (Å²) in [5, 5.41) is 8.02. The number of hydrogen-bond acceptors (Lipinski definition) is 3. The number of amides is 3. The summed E-state index contributed by atoms with van der Waals surface area (Å²) in [6.07, 6.45) is 0.905. The zero-order chi connectivity index (χ0) is 19.6. The van der Waals surface area contributed by atoms with Crippen LogP contribution in [0.2, 0.25) is 0 Å². The smallest absolute Gasteiger partial charge is 0.251 e. The highest BCUT2D eigenvalue weighted by molar-refractivity contribution is 9.10. The minimum atomic E-state index is -0.301. The van der Waals surface area contributed by atoms with Crippen molar-refractivity contribution in [1.82, 2.24) is 10.6 Å². The molecule has 0 aliphatic carbocycles. The van der Waals surface area contributed by atoms with E-state index in [0.29, 0.717) is 5.56 Å². The number of aryl methyl sites for hydroxylation is 1. The summed E-state index contributed by atoms with van der Waals surface area (Å²) in [5.74, 6) is -0.836. The van der Waals surface area contributed by atoms with Crippen molar-refractivity contribution < 1.29 is 14.4 Å². The van der Waals surface area contributed by atoms with Crippen LogP contribution in [0.15, 0.2) is 53.0 Å². The lowest BCUT2D eigenvalue weighted by Gasteiger charge is -2.10. The van der Waals surface area contributed by atoms with E-state index in [9.17, 15) is 14.4 Å². The van der Waals surface area contributed by atoms with Gasteiger partial charge in [-0.1, -0.05) is 41.1 Å². The largest absolute Gasteiger partial charge is 0.352 e. The Balaban J connectivity index is 1.69. The molecule has 3 N–H and O–H groups in total. The van der Waals surface area contributed by atoms with Crippen molar-refractivity contribution in [3.8, 4) is 0 Å². The van der Waals surface area contributed by atoms with Crippen molar-refractivity contribution in [2.75, 3.05) is 18.4 Å². The molecule has 7 heteroatoms. The normalized spacial score (nSPS) is 10.1. The van der Waals surface area contributed by atoms with Gasteiger partial charge in [-0.25, -0.2) is 0 Å². The van der Waals surface area contributed by atoms with E-state index in [2.05, 4.69) is 31.9 Å². The van der Waals surface area contributed by atoms with Gasteiger partial charge in [0.05, 0.1) is 6.54 Å². The summed E-state index contributed by atoms with van der Waals surface area (Å²) in [7, 11) is 0. The molecule has 3 amide bonds. The number of anilines is 1. The molecule has 0 aliphatic heterocycles. The van der Waals surface area contributed by atoms with Gasteiger partial charge >= 0.3 is 0 Å². The van der Waals surface area contributed by atoms with Gasteiger partial charge in [-0.05, 0) is 42.3 Å². The van der Waals surface area contributed by atoms with Gasteiger partial charge < -0.3 is 16.0 Å². The van der Waals surface area contributed by atoms with Crippen molar-refractivity contribution in [2.45, 2.75) is 19.8 Å². The maximum atomic E-state index is 12.0. The number of carbonyl (C=O) groups is 3. The Labute approximate surface area is 166 Å². The van der Waals surface area contributed by atoms with Gasteiger partial charge in [0.2, 0.25) is 11.8 Å². The first kappa shape index (κ1) is 20.6. The summed E-state index contributed by atoms with van der Waals surface area (Å²) < 4.78 is 0.887. The molecule has 0 heterocycles. The van der Waals surface area contributed by atoms with Crippen molar-refractivity contribution in [3.05, 3.63) is 64.1 Å². The molecule has 0 aromatic heterocycles. The van der Waals surface area contributed by atoms with Crippen molar-refractivity contribution >= 4 is 39.3 Å². The molecular weight excluding hydrogens is 410 g/mol. The molecule has 0 aliphatic rings. The van der Waals surface area contributed by atoms with E-state index in [-0.39, 0.29) is 37.2 Å². The van der Waals surface area contributed by atoms with Gasteiger partial charge in [0.25, 0.3) is 5.91 Å². The number of rotatable bonds is 8. The predicted molar refractivity (Wildman–Crippen MR) is 109 cm³/mol. The highest BCUT2D eigenvalue weighted by Crippen LogP contribution is 2.15. The van der Waals surface area contributed by atoms with Crippen LogP contribution in [-0.2, 0) is 16.0 Å². The molecular formula is C20H22BrN3O3. The summed E-state index contributed by atoms with van der Waals surface area (Å²) in [6.45, 7) is 2.09. The Morgan fingerprint density at radius 2 is 1.63 bits per heavy atom. The monoisotopic (exact) mass is 431 g/mol. The number of benzene rings is 2. The fraction of sp³-hybridized carbons (Fsp3) is 0.250. The number of hydrogen-bond donors (Lipinski definition) is 3. The third-order valence-corrected chi connectivity index (χ3v) is 4.39. The lowest BCUT2D eigenvalue weighted by molar-refractivity contribution is -0.124. The van der Waals surface area contributed by atoms with Gasteiger partial charge in [0, 0.05) is 28.7 Å². The van der Waals surface area contributed by atoms with E-state index >= 15 is 0 Å². The molecule has 0 atom stereocenters. The maximum Gasteiger partial charge on any atom is 0.251 e. The number of nitrogens with one attached hydrogen (secondary N) is 3. The van der Waals surface area contributed by atoms with Crippen LogP contribution in [0.5, 0.6) is 0 Å². The van der Waals surface area contributed by atoms with Crippen LogP contribution in [0.4, 0.5) is 5.69 Å². The lowest BCUT2D eigenvalue weighted by Crippen LogP contribution is -2.35. The molecule has 2 aromatic rings. The van der Waals surface area contributed by atoms with E-state index < -0.39 is 0 Å². The molecule has 0 spiro atoms. The molecule has 0 unspecified atom stereocenters. The third-order valence-electron chi connectivity index (χ3n) is 3.86. The molecule has 2 aromatic carbocycles. The van der Waals surface area contributed by atoms with Gasteiger partial charge in [0.15, 0.2) is 0 Å². The molecule has 6 nitrogen and oxygen atoms in total. The number of para-hydroxylation sites is 1. The van der Waals surface area contributed by atoms with E-state index in [1.54, 1.807) is 24.3 Å². The Kier molecular flexibility index (Phi) is 8.00. The minimum absolute atomic E-state index is 0.0983. The topological polar surface area (TPSA) is 87.3 Å². The fourth-order valence-corrected chi connectivity index (χ4v) is 2.67. The molecule has 142 valence electrons. The standard InChI is InChI=1S/C20H22BrN3O3/c1-2-14-5-3-4-6-17(14)24-19(26)13-23-18(25)11-12-22-20(27)15-7-9-16(21)10-8-15/h3-10H,2,11-13H2,1H3,(H,22,27)(H,23,25)(H,24,26). The van der Waals surface area contributed by atoms with Crippen LogP contribution < -0.4 is 16.0 Å². The molecule has 0 fully saturated rings. The zero-order valence-electron chi connectivity index (χ0n) is 15.0. The molecule has 0 saturated heterocycles. The number of carbonyl (C=O) groups excluding carboxylic acids is 3. The SMILES string of the molecule is CCc1ccccc1NC(=O)CNC(=O)CCNC(=O)c1ccc(Br)cc1. The van der Waals surface area contributed by atoms with Crippen molar-refractivity contribution in [3.63, 3.8) is 0 Å². The summed E-state index contributed by atoms with van der Waals surface area (Å²) in [5.41, 5.74) is 2.31. The van der Waals surface area contributed by atoms with Crippen LogP contribution in [0.3, 0.4) is 0 Å². The molecule has 27 heavy (non-hydrogen) atoms. The second-order valence-corrected chi connectivity index (χ2v) is 6.76. The third kappa shape index (κ3) is 6.86. The first-order valence-electron chi connectivity index (χ1n) is 8.67. The average molecular weight is 432 g/mol. The molecule has 0 bridgehead atoms. The van der Waals surface area contributed by atoms with E-state index in [0.717, 1.165) is 22.1 Å². The highest BCUT2D eigenvalue weighted by atomic mass is 79.9. The van der Waals surface area contributed by atoms with Crippen molar-refractivity contribution in [2.24, 2.45) is 0 Å². The van der Waals surface area contributed by atoms with Gasteiger partial charge in [0.1, 0.15) is 0 Å². The Hall–Kier alpha value is -2.67. The van der Waals surface area contributed by atoms with E-state index in [1.165, 1.54) is 0 Å². The fourth-order valence-electron chi connectivity index (χ4n) is 2.41. The van der Waals surface area contributed by atoms with Crippen LogP contribution in [0, 0.1) is 0 Å². The van der Waals surface area contributed by atoms with E-state index in [1.807, 2.05) is 31.2 Å². The van der Waals surface area contributed by atoms with Crippen LogP contribution >= 0.6 is 15.9 Å². The number of halogens is 1. The highest BCUT2D eigenvalue weighted by Gasteiger charge is 2.09. The summed E-state index contributed by atoms with van der Waals surface area (Å²) >= 11 is 3.31. The summed E-state index contributed by atoms with van der Waals surface area (Å²) in [6, 6.07) is 14.5. The quantitative estimate of drug-likeness (QED) is 0.600. The van der Waals surface area contributed by atoms with Gasteiger partial charge in [-0.2, -0.15) is 0 Å². The predicted octanol–water partition coefficient (Wildman–Crippen LogP) is 2.89. The van der Waals surface area contributed by atoms with Gasteiger partial charge in [-0.3, -0.25) is 14.4 Å². The maximum absolute atomic E-state index is 12.0. The zero-order valence-corrected chi connectivity index (χ0v) is 16.6. The molecule has 0 saturated carbocycles. The second kappa shape index (κ2) is 10.5. The summed E-state index contributed by atoms with van der Waals surface area (Å²) in [4.78, 5) is 35.8. The van der Waals surface area contributed by atoms with E-state index in [4.69, 9.17) is 0 Å². The molecule has 0 radical (unpaired) electrons. The van der Waals surface area contributed by atoms with Gasteiger partial charge in [-0.15, -0.1) is 0 Å². The Bertz CT molecular complexity index is 806. The lowest BCUT2D eigenvalue weighted by atomic mass is 10.1. The first-order valence-corrected chi connectivity index (χ1v) is 9.47. The minimum Gasteiger partial charge on any atom is -0.352 e. The Morgan fingerprint density at radius 1 is 0.926 bits per heavy atom.